The van der Waals surface area contributed by atoms with Crippen molar-refractivity contribution in [1.29, 1.82) is 0 Å². The maximum Gasteiger partial charge on any atom is 0.257 e. The van der Waals surface area contributed by atoms with E-state index in [-0.39, 0.29) is 11.5 Å². The zero-order chi connectivity index (χ0) is 18.0. The van der Waals surface area contributed by atoms with Crippen molar-refractivity contribution >= 4 is 5.91 Å². The summed E-state index contributed by atoms with van der Waals surface area (Å²) in [5, 5.41) is 0. The Bertz CT molecular complexity index is 836. The lowest BCUT2D eigenvalue weighted by atomic mass is 10.0. The van der Waals surface area contributed by atoms with Crippen LogP contribution in [0, 0.1) is 0 Å². The molecule has 1 aliphatic heterocycles. The van der Waals surface area contributed by atoms with E-state index >= 15 is 0 Å². The van der Waals surface area contributed by atoms with E-state index in [1.807, 2.05) is 17.0 Å². The van der Waals surface area contributed by atoms with Crippen LogP contribution < -0.4 is 10.3 Å². The highest BCUT2D eigenvalue weighted by Gasteiger charge is 2.23. The molecule has 1 aliphatic rings. The van der Waals surface area contributed by atoms with Crippen molar-refractivity contribution in [2.45, 2.75) is 0 Å². The molecule has 6 heteroatoms. The summed E-state index contributed by atoms with van der Waals surface area (Å²) in [6.07, 6.45) is 1.78. The van der Waals surface area contributed by atoms with E-state index in [2.05, 4.69) is 11.9 Å². The quantitative estimate of drug-likeness (QED) is 0.848. The molecule has 3 rings (SSSR count). The Labute approximate surface area is 147 Å². The van der Waals surface area contributed by atoms with E-state index in [0.717, 1.165) is 37.3 Å². The molecule has 0 atom stereocenters. The summed E-state index contributed by atoms with van der Waals surface area (Å²) in [5.41, 5.74) is 2.32. The van der Waals surface area contributed by atoms with Gasteiger partial charge in [0, 0.05) is 45.5 Å². The molecule has 0 spiro atoms. The molecule has 1 aromatic carbocycles. The van der Waals surface area contributed by atoms with Crippen LogP contribution in [0.25, 0.3) is 11.1 Å². The lowest BCUT2D eigenvalue weighted by molar-refractivity contribution is 0.0661. The first-order chi connectivity index (χ1) is 12.0. The first-order valence-electron chi connectivity index (χ1n) is 8.32. The monoisotopic (exact) mass is 341 g/mol. The van der Waals surface area contributed by atoms with Gasteiger partial charge in [-0.25, -0.2) is 0 Å². The molecule has 1 amide bonds. The smallest absolute Gasteiger partial charge is 0.257 e. The Morgan fingerprint density at radius 1 is 1.00 bits per heavy atom. The van der Waals surface area contributed by atoms with Crippen molar-refractivity contribution in [3.63, 3.8) is 0 Å². The number of amides is 1. The van der Waals surface area contributed by atoms with E-state index < -0.39 is 0 Å². The van der Waals surface area contributed by atoms with Crippen LogP contribution in [0.3, 0.4) is 0 Å². The van der Waals surface area contributed by atoms with Crippen LogP contribution in [0.4, 0.5) is 0 Å². The maximum atomic E-state index is 12.8. The van der Waals surface area contributed by atoms with Gasteiger partial charge >= 0.3 is 0 Å². The number of rotatable bonds is 3. The lowest BCUT2D eigenvalue weighted by Crippen LogP contribution is -2.47. The summed E-state index contributed by atoms with van der Waals surface area (Å²) < 4.78 is 7.00. The summed E-state index contributed by atoms with van der Waals surface area (Å²) in [5.74, 6) is 0.548. The predicted octanol–water partition coefficient (Wildman–Crippen LogP) is 1.45. The molecule has 0 aliphatic carbocycles. The Balaban J connectivity index is 1.90. The van der Waals surface area contributed by atoms with E-state index in [1.165, 1.54) is 10.6 Å². The van der Waals surface area contributed by atoms with E-state index in [4.69, 9.17) is 4.74 Å². The standard InChI is InChI=1S/C19H23N3O3/c1-20-8-10-22(11-9-20)19(24)16-6-4-14(12-17(16)25-3)15-5-7-18(23)21(2)13-15/h4-7,12-13H,8-11H2,1-3H3. The Morgan fingerprint density at radius 3 is 2.32 bits per heavy atom. The second-order valence-electron chi connectivity index (χ2n) is 6.38. The van der Waals surface area contributed by atoms with Gasteiger partial charge in [0.05, 0.1) is 12.7 Å². The van der Waals surface area contributed by atoms with Crippen molar-refractivity contribution in [2.75, 3.05) is 40.3 Å². The molecule has 1 saturated heterocycles. The van der Waals surface area contributed by atoms with Gasteiger partial charge in [-0.2, -0.15) is 0 Å². The topological polar surface area (TPSA) is 54.8 Å². The van der Waals surface area contributed by atoms with Gasteiger partial charge in [-0.3, -0.25) is 9.59 Å². The van der Waals surface area contributed by atoms with Crippen molar-refractivity contribution in [3.8, 4) is 16.9 Å². The minimum Gasteiger partial charge on any atom is -0.496 e. The Kier molecular flexibility index (Phi) is 4.90. The number of hydrogen-bond donors (Lipinski definition) is 0. The number of ether oxygens (including phenoxy) is 1. The van der Waals surface area contributed by atoms with Gasteiger partial charge in [-0.05, 0) is 36.4 Å². The Hall–Kier alpha value is -2.60. The van der Waals surface area contributed by atoms with Crippen molar-refractivity contribution in [2.24, 2.45) is 7.05 Å². The van der Waals surface area contributed by atoms with Crippen molar-refractivity contribution < 1.29 is 9.53 Å². The largest absolute Gasteiger partial charge is 0.496 e. The van der Waals surface area contributed by atoms with E-state index in [1.54, 1.807) is 32.5 Å². The molecular formula is C19H23N3O3. The average molecular weight is 341 g/mol. The minimum atomic E-state index is -0.0578. The van der Waals surface area contributed by atoms with Gasteiger partial charge in [-0.15, -0.1) is 0 Å². The molecule has 0 bridgehead atoms. The van der Waals surface area contributed by atoms with Gasteiger partial charge in [0.15, 0.2) is 0 Å². The molecule has 132 valence electrons. The Morgan fingerprint density at radius 2 is 1.68 bits per heavy atom. The number of pyridine rings is 1. The van der Waals surface area contributed by atoms with Gasteiger partial charge in [0.1, 0.15) is 5.75 Å². The summed E-state index contributed by atoms with van der Waals surface area (Å²) in [6.45, 7) is 3.20. The van der Waals surface area contributed by atoms with Gasteiger partial charge in [0.25, 0.3) is 5.91 Å². The molecule has 2 heterocycles. The van der Waals surface area contributed by atoms with Crippen molar-refractivity contribution in [3.05, 3.63) is 52.4 Å². The number of carbonyl (C=O) groups excluding carboxylic acids is 1. The number of piperazine rings is 1. The fourth-order valence-corrected chi connectivity index (χ4v) is 2.99. The summed E-state index contributed by atoms with van der Waals surface area (Å²) >= 11 is 0. The highest BCUT2D eigenvalue weighted by Crippen LogP contribution is 2.28. The molecule has 25 heavy (non-hydrogen) atoms. The van der Waals surface area contributed by atoms with Gasteiger partial charge < -0.3 is 19.1 Å². The lowest BCUT2D eigenvalue weighted by Gasteiger charge is -2.32. The highest BCUT2D eigenvalue weighted by atomic mass is 16.5. The molecular weight excluding hydrogens is 318 g/mol. The molecule has 6 nitrogen and oxygen atoms in total. The number of benzene rings is 1. The highest BCUT2D eigenvalue weighted by molar-refractivity contribution is 5.97. The number of carbonyl (C=O) groups is 1. The molecule has 0 saturated carbocycles. The van der Waals surface area contributed by atoms with Crippen LogP contribution in [0.15, 0.2) is 41.3 Å². The summed E-state index contributed by atoms with van der Waals surface area (Å²) in [4.78, 5) is 28.4. The number of aryl methyl sites for hydroxylation is 1. The number of nitrogens with zero attached hydrogens (tertiary/aromatic N) is 3. The third-order valence-electron chi connectivity index (χ3n) is 4.64. The molecule has 2 aromatic rings. The van der Waals surface area contributed by atoms with Crippen LogP contribution in [0.5, 0.6) is 5.75 Å². The molecule has 1 aromatic heterocycles. The average Bonchev–Trinajstić information content (AvgIpc) is 2.63. The minimum absolute atomic E-state index is 0.00281. The normalized spacial score (nSPS) is 15.2. The van der Waals surface area contributed by atoms with Crippen LogP contribution in [0.1, 0.15) is 10.4 Å². The summed E-state index contributed by atoms with van der Waals surface area (Å²) in [6, 6.07) is 8.86. The molecule has 1 fully saturated rings. The molecule has 0 N–H and O–H groups in total. The van der Waals surface area contributed by atoms with E-state index in [9.17, 15) is 9.59 Å². The fraction of sp³-hybridized carbons (Fsp3) is 0.368. The third-order valence-corrected chi connectivity index (χ3v) is 4.64. The van der Waals surface area contributed by atoms with Gasteiger partial charge in [0.2, 0.25) is 5.56 Å². The van der Waals surface area contributed by atoms with Crippen LogP contribution in [-0.4, -0.2) is 60.6 Å². The summed E-state index contributed by atoms with van der Waals surface area (Å²) in [7, 11) is 5.35. The predicted molar refractivity (Wildman–Crippen MR) is 97.1 cm³/mol. The molecule has 0 unspecified atom stereocenters. The number of methoxy groups -OCH3 is 1. The maximum absolute atomic E-state index is 12.8. The third kappa shape index (κ3) is 3.58. The number of hydrogen-bond acceptors (Lipinski definition) is 4. The molecule has 0 radical (unpaired) electrons. The zero-order valence-electron chi connectivity index (χ0n) is 14.9. The number of likely N-dealkylation sites (N-methyl/N-ethyl adjacent to an activating group) is 1. The first-order valence-corrected chi connectivity index (χ1v) is 8.32. The van der Waals surface area contributed by atoms with E-state index in [0.29, 0.717) is 11.3 Å². The van der Waals surface area contributed by atoms with Crippen LogP contribution in [0.2, 0.25) is 0 Å². The van der Waals surface area contributed by atoms with Gasteiger partial charge in [-0.1, -0.05) is 6.07 Å². The zero-order valence-corrected chi connectivity index (χ0v) is 14.9. The van der Waals surface area contributed by atoms with Crippen molar-refractivity contribution in [1.82, 2.24) is 14.4 Å². The number of aromatic nitrogens is 1. The SMILES string of the molecule is COc1cc(-c2ccc(=O)n(C)c2)ccc1C(=O)N1CCN(C)CC1. The second-order valence-corrected chi connectivity index (χ2v) is 6.38. The van der Waals surface area contributed by atoms with Crippen LogP contribution >= 0.6 is 0 Å². The second kappa shape index (κ2) is 7.11. The fourth-order valence-electron chi connectivity index (χ4n) is 2.99. The van der Waals surface area contributed by atoms with Crippen LogP contribution in [-0.2, 0) is 7.05 Å². The first kappa shape index (κ1) is 17.2.